The first-order valence-corrected chi connectivity index (χ1v) is 22.6. The molecule has 4 aromatic rings. The van der Waals surface area contributed by atoms with Crippen molar-refractivity contribution in [3.63, 3.8) is 0 Å². The lowest BCUT2D eigenvalue weighted by molar-refractivity contribution is 0.303. The zero-order valence-corrected chi connectivity index (χ0v) is 35.1. The molecule has 0 radical (unpaired) electrons. The first-order valence-electron chi connectivity index (χ1n) is 18.7. The van der Waals surface area contributed by atoms with Crippen molar-refractivity contribution in [1.82, 2.24) is 13.9 Å². The molecule has 3 aromatic heterocycles. The number of benzene rings is 1. The highest BCUT2D eigenvalue weighted by atomic mass is 79.9. The third-order valence-electron chi connectivity index (χ3n) is 9.80. The molecule has 10 heteroatoms. The Morgan fingerprint density at radius 3 is 1.56 bits per heavy atom. The van der Waals surface area contributed by atoms with Crippen molar-refractivity contribution in [2.24, 2.45) is 5.92 Å². The zero-order valence-electron chi connectivity index (χ0n) is 29.5. The fourth-order valence-electron chi connectivity index (χ4n) is 6.86. The van der Waals surface area contributed by atoms with E-state index in [0.29, 0.717) is 5.92 Å². The van der Waals surface area contributed by atoms with Crippen LogP contribution in [0.2, 0.25) is 0 Å². The summed E-state index contributed by atoms with van der Waals surface area (Å²) in [6, 6.07) is 4.82. The molecule has 48 heavy (non-hydrogen) atoms. The van der Waals surface area contributed by atoms with Crippen LogP contribution in [0.5, 0.6) is 0 Å². The van der Waals surface area contributed by atoms with Gasteiger partial charge in [0.25, 0.3) is 0 Å². The summed E-state index contributed by atoms with van der Waals surface area (Å²) in [7, 11) is 0. The Bertz CT molecular complexity index is 1470. The average molecular weight is 838 g/mol. The fourth-order valence-corrected chi connectivity index (χ4v) is 11.1. The lowest BCUT2D eigenvalue weighted by Crippen LogP contribution is -2.34. The molecule has 5 rings (SSSR count). The largest absolute Gasteiger partial charge is 0.299 e. The molecular formula is C38H55Br2N5S3. The van der Waals surface area contributed by atoms with Crippen molar-refractivity contribution in [2.45, 2.75) is 143 Å². The highest BCUT2D eigenvalue weighted by Gasteiger charge is 2.33. The Hall–Kier alpha value is -1.04. The molecule has 1 aliphatic heterocycles. The summed E-state index contributed by atoms with van der Waals surface area (Å²) in [6.45, 7) is 10.1. The van der Waals surface area contributed by atoms with E-state index in [1.807, 2.05) is 22.7 Å². The van der Waals surface area contributed by atoms with Crippen LogP contribution in [0.4, 0.5) is 11.4 Å². The van der Waals surface area contributed by atoms with Gasteiger partial charge in [-0.15, -0.1) is 27.8 Å². The molecule has 1 aliphatic rings. The Labute approximate surface area is 318 Å². The predicted octanol–water partition coefficient (Wildman–Crippen LogP) is 14.7. The summed E-state index contributed by atoms with van der Waals surface area (Å²) < 4.78 is 12.5. The summed E-state index contributed by atoms with van der Waals surface area (Å²) in [5, 5.41) is 2.24. The second kappa shape index (κ2) is 19.5. The van der Waals surface area contributed by atoms with Crippen molar-refractivity contribution < 1.29 is 0 Å². The number of thiophene rings is 2. The number of nitrogens with zero attached hydrogens (tertiary/aromatic N) is 3. The maximum atomic E-state index is 4.99. The normalized spacial score (nSPS) is 13.7. The number of anilines is 2. The highest BCUT2D eigenvalue weighted by Crippen LogP contribution is 2.53. The van der Waals surface area contributed by atoms with Crippen LogP contribution in [0.25, 0.3) is 31.9 Å². The molecule has 1 unspecified atom stereocenters. The molecule has 0 spiro atoms. The Kier molecular flexibility index (Phi) is 15.5. The van der Waals surface area contributed by atoms with E-state index >= 15 is 0 Å². The topological polar surface area (TPSA) is 53.1 Å². The van der Waals surface area contributed by atoms with Gasteiger partial charge in [0.2, 0.25) is 0 Å². The second-order valence-corrected chi connectivity index (χ2v) is 18.8. The van der Waals surface area contributed by atoms with E-state index in [9.17, 15) is 0 Å². The van der Waals surface area contributed by atoms with Crippen LogP contribution in [0.1, 0.15) is 142 Å². The average Bonchev–Trinajstić information content (AvgIpc) is 3.88. The van der Waals surface area contributed by atoms with Gasteiger partial charge in [-0.25, -0.2) is 0 Å². The van der Waals surface area contributed by atoms with Crippen LogP contribution in [-0.2, 0) is 12.8 Å². The summed E-state index contributed by atoms with van der Waals surface area (Å²) >= 11 is 12.9. The number of hydrogen-bond acceptors (Lipinski definition) is 8. The van der Waals surface area contributed by atoms with Gasteiger partial charge in [-0.1, -0.05) is 111 Å². The standard InChI is InChI=1S/C38H55Br2N5S3/c1-5-9-12-14-16-18-21-27-23-29(46-37(27)39)31-33-34(42-45(41-33)25-26(8-4)20-11-7-3)32(36-35(31)43-48-44-36)30-24-28(38(40)47-30)22-19-17-15-13-10-6-2/h23-24,26,41-42H,5-22,25H2,1-4H3. The Morgan fingerprint density at radius 2 is 1.10 bits per heavy atom. The number of hydrogen-bond donors (Lipinski definition) is 2. The molecule has 0 bridgehead atoms. The molecule has 2 N–H and O–H groups in total. The third kappa shape index (κ3) is 9.64. The summed E-state index contributed by atoms with van der Waals surface area (Å²) in [6.07, 6.45) is 22.9. The maximum absolute atomic E-state index is 4.99. The predicted molar refractivity (Wildman–Crippen MR) is 221 cm³/mol. The number of aryl methyl sites for hydroxylation is 2. The molecule has 0 fully saturated rings. The molecule has 4 heterocycles. The van der Waals surface area contributed by atoms with Gasteiger partial charge in [0.1, 0.15) is 11.0 Å². The number of halogens is 2. The molecule has 264 valence electrons. The lowest BCUT2D eigenvalue weighted by atomic mass is 9.99. The van der Waals surface area contributed by atoms with Gasteiger partial charge in [0, 0.05) is 27.4 Å². The molecule has 0 saturated heterocycles. The van der Waals surface area contributed by atoms with Gasteiger partial charge < -0.3 is 0 Å². The van der Waals surface area contributed by atoms with Crippen LogP contribution in [0.3, 0.4) is 0 Å². The van der Waals surface area contributed by atoms with Gasteiger partial charge in [-0.3, -0.25) is 10.9 Å². The molecule has 5 nitrogen and oxygen atoms in total. The van der Waals surface area contributed by atoms with E-state index in [-0.39, 0.29) is 0 Å². The summed E-state index contributed by atoms with van der Waals surface area (Å²) in [4.78, 5) is 2.52. The molecule has 0 aliphatic carbocycles. The molecule has 1 atom stereocenters. The van der Waals surface area contributed by atoms with Crippen molar-refractivity contribution >= 4 is 88.7 Å². The van der Waals surface area contributed by atoms with Crippen LogP contribution in [0, 0.1) is 5.92 Å². The number of nitrogens with one attached hydrogen (secondary N) is 2. The van der Waals surface area contributed by atoms with Crippen molar-refractivity contribution in [3.05, 3.63) is 30.8 Å². The number of unbranched alkanes of at least 4 members (excludes halogenated alkanes) is 11. The number of hydrazine groups is 2. The monoisotopic (exact) mass is 835 g/mol. The van der Waals surface area contributed by atoms with Crippen LogP contribution in [0.15, 0.2) is 19.7 Å². The van der Waals surface area contributed by atoms with Gasteiger partial charge in [-0.2, -0.15) is 8.75 Å². The van der Waals surface area contributed by atoms with Crippen molar-refractivity contribution in [1.29, 1.82) is 0 Å². The summed E-state index contributed by atoms with van der Waals surface area (Å²) in [5.74, 6) is 0.627. The first-order chi connectivity index (χ1) is 23.5. The Morgan fingerprint density at radius 1 is 0.646 bits per heavy atom. The third-order valence-corrected chi connectivity index (χ3v) is 14.3. The van der Waals surface area contributed by atoms with E-state index < -0.39 is 0 Å². The van der Waals surface area contributed by atoms with Gasteiger partial charge >= 0.3 is 0 Å². The van der Waals surface area contributed by atoms with Gasteiger partial charge in [0.15, 0.2) is 0 Å². The molecule has 1 aromatic carbocycles. The Balaban J connectivity index is 1.48. The summed E-state index contributed by atoms with van der Waals surface area (Å²) in [5.41, 5.74) is 17.2. The minimum atomic E-state index is 0.627. The molecule has 0 amide bonds. The molecule has 0 saturated carbocycles. The minimum absolute atomic E-state index is 0.627. The van der Waals surface area contributed by atoms with E-state index in [0.717, 1.165) is 41.8 Å². The van der Waals surface area contributed by atoms with E-state index in [2.05, 4.69) is 87.7 Å². The SMILES string of the molecule is CCCCCCCCc1cc(-c2c3c(c(-c4cc(CCCCCCCC)c(Br)s4)c4nsnc24)NN(CC(CC)CCCC)N3)sc1Br. The van der Waals surface area contributed by atoms with Crippen LogP contribution < -0.4 is 10.9 Å². The van der Waals surface area contributed by atoms with Crippen LogP contribution in [-0.4, -0.2) is 20.4 Å². The fraction of sp³-hybridized carbons (Fsp3) is 0.632. The van der Waals surface area contributed by atoms with Gasteiger partial charge in [-0.05, 0) is 93.1 Å². The maximum Gasteiger partial charge on any atom is 0.116 e. The van der Waals surface area contributed by atoms with Crippen LogP contribution >= 0.6 is 66.3 Å². The second-order valence-electron chi connectivity index (χ2n) is 13.6. The number of aromatic nitrogens is 2. The minimum Gasteiger partial charge on any atom is -0.299 e. The number of rotatable bonds is 22. The number of fused-ring (bicyclic) bond motifs is 2. The van der Waals surface area contributed by atoms with E-state index in [4.69, 9.17) is 8.75 Å². The zero-order chi connectivity index (χ0) is 33.9. The van der Waals surface area contributed by atoms with Crippen molar-refractivity contribution in [2.75, 3.05) is 17.4 Å². The first kappa shape index (κ1) is 38.2. The van der Waals surface area contributed by atoms with Gasteiger partial charge in [0.05, 0.1) is 30.7 Å². The van der Waals surface area contributed by atoms with Crippen molar-refractivity contribution in [3.8, 4) is 20.9 Å². The lowest BCUT2D eigenvalue weighted by Gasteiger charge is -2.23. The molecular weight excluding hydrogens is 782 g/mol. The highest BCUT2D eigenvalue weighted by molar-refractivity contribution is 9.11. The van der Waals surface area contributed by atoms with E-state index in [1.165, 1.54) is 154 Å². The quantitative estimate of drug-likeness (QED) is 0.0772. The smallest absolute Gasteiger partial charge is 0.116 e. The van der Waals surface area contributed by atoms with E-state index in [1.54, 1.807) is 0 Å².